The summed E-state index contributed by atoms with van der Waals surface area (Å²) >= 11 is 0. The number of carboxylic acid groups (broad SMARTS) is 1. The van der Waals surface area contributed by atoms with E-state index in [-0.39, 0.29) is 17.2 Å². The average Bonchev–Trinajstić information content (AvgIpc) is 2.37. The SMILES string of the molecule is Cc1cc(C)cc(C(=O)Nc2cc(N)ccc2C(=O)O)c1. The first-order chi connectivity index (χ1) is 9.86. The summed E-state index contributed by atoms with van der Waals surface area (Å²) in [5.74, 6) is -1.49. The first-order valence-electron chi connectivity index (χ1n) is 6.39. The van der Waals surface area contributed by atoms with Gasteiger partial charge in [-0.3, -0.25) is 4.79 Å². The summed E-state index contributed by atoms with van der Waals surface area (Å²) < 4.78 is 0. The molecule has 0 heterocycles. The van der Waals surface area contributed by atoms with Gasteiger partial charge in [-0.1, -0.05) is 17.2 Å². The molecule has 0 aromatic heterocycles. The van der Waals surface area contributed by atoms with Crippen molar-refractivity contribution in [1.29, 1.82) is 0 Å². The monoisotopic (exact) mass is 284 g/mol. The van der Waals surface area contributed by atoms with E-state index in [9.17, 15) is 9.59 Å². The van der Waals surface area contributed by atoms with Crippen molar-refractivity contribution in [3.8, 4) is 0 Å². The van der Waals surface area contributed by atoms with Gasteiger partial charge in [-0.25, -0.2) is 4.79 Å². The lowest BCUT2D eigenvalue weighted by atomic mass is 10.1. The number of carbonyl (C=O) groups is 2. The number of nitrogen functional groups attached to an aromatic ring is 1. The van der Waals surface area contributed by atoms with Gasteiger partial charge >= 0.3 is 5.97 Å². The highest BCUT2D eigenvalue weighted by Gasteiger charge is 2.14. The molecule has 0 radical (unpaired) electrons. The summed E-state index contributed by atoms with van der Waals surface area (Å²) in [6.07, 6.45) is 0. The molecule has 0 saturated heterocycles. The van der Waals surface area contributed by atoms with E-state index in [1.54, 1.807) is 12.1 Å². The summed E-state index contributed by atoms with van der Waals surface area (Å²) in [6, 6.07) is 9.73. The van der Waals surface area contributed by atoms with Crippen molar-refractivity contribution in [2.75, 3.05) is 11.1 Å². The Labute approximate surface area is 122 Å². The van der Waals surface area contributed by atoms with Crippen LogP contribution in [-0.2, 0) is 0 Å². The van der Waals surface area contributed by atoms with Crippen LogP contribution in [0.25, 0.3) is 0 Å². The summed E-state index contributed by atoms with van der Waals surface area (Å²) in [5.41, 5.74) is 8.63. The van der Waals surface area contributed by atoms with Crippen molar-refractivity contribution >= 4 is 23.3 Å². The Hall–Kier alpha value is -2.82. The van der Waals surface area contributed by atoms with Gasteiger partial charge in [-0.15, -0.1) is 0 Å². The van der Waals surface area contributed by atoms with Crippen molar-refractivity contribution in [2.45, 2.75) is 13.8 Å². The van der Waals surface area contributed by atoms with Gasteiger partial charge in [0.25, 0.3) is 5.91 Å². The lowest BCUT2D eigenvalue weighted by Gasteiger charge is -2.10. The van der Waals surface area contributed by atoms with E-state index in [4.69, 9.17) is 10.8 Å². The first kappa shape index (κ1) is 14.6. The number of hydrogen-bond acceptors (Lipinski definition) is 3. The lowest BCUT2D eigenvalue weighted by molar-refractivity contribution is 0.0698. The molecule has 0 saturated carbocycles. The quantitative estimate of drug-likeness (QED) is 0.756. The molecule has 108 valence electrons. The lowest BCUT2D eigenvalue weighted by Crippen LogP contribution is -2.15. The van der Waals surface area contributed by atoms with E-state index < -0.39 is 5.97 Å². The number of hydrogen-bond donors (Lipinski definition) is 3. The average molecular weight is 284 g/mol. The maximum Gasteiger partial charge on any atom is 0.337 e. The van der Waals surface area contributed by atoms with E-state index >= 15 is 0 Å². The normalized spacial score (nSPS) is 10.2. The van der Waals surface area contributed by atoms with E-state index in [1.165, 1.54) is 18.2 Å². The molecule has 0 aliphatic rings. The third kappa shape index (κ3) is 3.39. The van der Waals surface area contributed by atoms with Crippen LogP contribution in [-0.4, -0.2) is 17.0 Å². The van der Waals surface area contributed by atoms with Crippen LogP contribution in [0, 0.1) is 13.8 Å². The van der Waals surface area contributed by atoms with Crippen molar-refractivity contribution in [2.24, 2.45) is 0 Å². The molecule has 21 heavy (non-hydrogen) atoms. The fourth-order valence-electron chi connectivity index (χ4n) is 2.15. The Morgan fingerprint density at radius 3 is 2.24 bits per heavy atom. The summed E-state index contributed by atoms with van der Waals surface area (Å²) in [7, 11) is 0. The van der Waals surface area contributed by atoms with Crippen LogP contribution < -0.4 is 11.1 Å². The molecule has 0 aliphatic heterocycles. The topological polar surface area (TPSA) is 92.4 Å². The maximum absolute atomic E-state index is 12.3. The van der Waals surface area contributed by atoms with Gasteiger partial charge in [0.05, 0.1) is 11.3 Å². The number of anilines is 2. The van der Waals surface area contributed by atoms with Crippen LogP contribution in [0.1, 0.15) is 31.8 Å². The second kappa shape index (κ2) is 5.66. The van der Waals surface area contributed by atoms with Gasteiger partial charge in [0, 0.05) is 11.3 Å². The number of carboxylic acids is 1. The number of carbonyl (C=O) groups excluding carboxylic acids is 1. The number of benzene rings is 2. The molecular formula is C16H16N2O3. The van der Waals surface area contributed by atoms with Crippen LogP contribution in [0.15, 0.2) is 36.4 Å². The van der Waals surface area contributed by atoms with Crippen molar-refractivity contribution in [1.82, 2.24) is 0 Å². The van der Waals surface area contributed by atoms with Crippen molar-refractivity contribution in [3.63, 3.8) is 0 Å². The molecule has 0 bridgehead atoms. The molecule has 2 rings (SSSR count). The third-order valence-electron chi connectivity index (χ3n) is 3.01. The van der Waals surface area contributed by atoms with Crippen LogP contribution in [0.4, 0.5) is 11.4 Å². The minimum Gasteiger partial charge on any atom is -0.478 e. The Bertz CT molecular complexity index is 703. The smallest absolute Gasteiger partial charge is 0.337 e. The first-order valence-corrected chi connectivity index (χ1v) is 6.39. The second-order valence-corrected chi connectivity index (χ2v) is 4.94. The number of rotatable bonds is 3. The number of aromatic carboxylic acids is 1. The molecule has 5 nitrogen and oxygen atoms in total. The molecule has 0 aliphatic carbocycles. The van der Waals surface area contributed by atoms with E-state index in [0.717, 1.165) is 11.1 Å². The molecule has 0 spiro atoms. The zero-order chi connectivity index (χ0) is 15.6. The van der Waals surface area contributed by atoms with Crippen LogP contribution >= 0.6 is 0 Å². The number of nitrogens with two attached hydrogens (primary N) is 1. The van der Waals surface area contributed by atoms with Gasteiger partial charge in [0.1, 0.15) is 0 Å². The van der Waals surface area contributed by atoms with Gasteiger partial charge in [0.2, 0.25) is 0 Å². The summed E-state index contributed by atoms with van der Waals surface area (Å²) in [5, 5.41) is 11.7. The molecule has 0 unspecified atom stereocenters. The van der Waals surface area contributed by atoms with Gasteiger partial charge in [0.15, 0.2) is 0 Å². The zero-order valence-corrected chi connectivity index (χ0v) is 11.8. The molecule has 0 fully saturated rings. The van der Waals surface area contributed by atoms with E-state index in [1.807, 2.05) is 19.9 Å². The molecular weight excluding hydrogens is 268 g/mol. The Balaban J connectivity index is 2.35. The van der Waals surface area contributed by atoms with Gasteiger partial charge < -0.3 is 16.2 Å². The van der Waals surface area contributed by atoms with Crippen molar-refractivity contribution < 1.29 is 14.7 Å². The number of nitrogens with one attached hydrogen (secondary N) is 1. The van der Waals surface area contributed by atoms with Crippen LogP contribution in [0.3, 0.4) is 0 Å². The summed E-state index contributed by atoms with van der Waals surface area (Å²) in [6.45, 7) is 3.79. The highest BCUT2D eigenvalue weighted by Crippen LogP contribution is 2.20. The third-order valence-corrected chi connectivity index (χ3v) is 3.01. The minimum absolute atomic E-state index is 0.00178. The maximum atomic E-state index is 12.3. The van der Waals surface area contributed by atoms with Gasteiger partial charge in [-0.05, 0) is 44.2 Å². The summed E-state index contributed by atoms with van der Waals surface area (Å²) in [4.78, 5) is 23.4. The number of aryl methyl sites for hydroxylation is 2. The standard InChI is InChI=1S/C16H16N2O3/c1-9-5-10(2)7-11(6-9)15(19)18-14-8-12(17)3-4-13(14)16(20)21/h3-8H,17H2,1-2H3,(H,18,19)(H,20,21). The Kier molecular flexibility index (Phi) is 3.93. The highest BCUT2D eigenvalue weighted by atomic mass is 16.4. The molecule has 1 amide bonds. The van der Waals surface area contributed by atoms with Crippen LogP contribution in [0.5, 0.6) is 0 Å². The Morgan fingerprint density at radius 2 is 1.67 bits per heavy atom. The fraction of sp³-hybridized carbons (Fsp3) is 0.125. The molecule has 5 heteroatoms. The van der Waals surface area contributed by atoms with Gasteiger partial charge in [-0.2, -0.15) is 0 Å². The molecule has 2 aromatic rings. The fourth-order valence-corrected chi connectivity index (χ4v) is 2.15. The molecule has 4 N–H and O–H groups in total. The predicted molar refractivity (Wildman–Crippen MR) is 81.7 cm³/mol. The molecule has 0 atom stereocenters. The highest BCUT2D eigenvalue weighted by molar-refractivity contribution is 6.08. The van der Waals surface area contributed by atoms with Crippen molar-refractivity contribution in [3.05, 3.63) is 58.7 Å². The van der Waals surface area contributed by atoms with E-state index in [2.05, 4.69) is 5.32 Å². The number of amides is 1. The predicted octanol–water partition coefficient (Wildman–Crippen LogP) is 2.84. The zero-order valence-electron chi connectivity index (χ0n) is 11.8. The Morgan fingerprint density at radius 1 is 1.05 bits per heavy atom. The molecule has 2 aromatic carbocycles. The minimum atomic E-state index is -1.12. The largest absolute Gasteiger partial charge is 0.478 e. The second-order valence-electron chi connectivity index (χ2n) is 4.94. The van der Waals surface area contributed by atoms with Crippen LogP contribution in [0.2, 0.25) is 0 Å². The van der Waals surface area contributed by atoms with E-state index in [0.29, 0.717) is 11.3 Å².